The highest BCUT2D eigenvalue weighted by atomic mass is 32.1. The first kappa shape index (κ1) is 15.9. The van der Waals surface area contributed by atoms with Crippen molar-refractivity contribution in [3.8, 4) is 20.2 Å². The van der Waals surface area contributed by atoms with E-state index >= 15 is 0 Å². The van der Waals surface area contributed by atoms with E-state index in [-0.39, 0.29) is 0 Å². The van der Waals surface area contributed by atoms with E-state index in [0.29, 0.717) is 5.56 Å². The summed E-state index contributed by atoms with van der Waals surface area (Å²) in [6.45, 7) is 0. The molecule has 0 saturated carbocycles. The number of hydrogen-bond donors (Lipinski definition) is 2. The molecule has 0 unspecified atom stereocenters. The van der Waals surface area contributed by atoms with Crippen LogP contribution in [0.3, 0.4) is 0 Å². The quantitative estimate of drug-likeness (QED) is 0.464. The Kier molecular flexibility index (Phi) is 4.03. The van der Waals surface area contributed by atoms with Crippen molar-refractivity contribution in [1.82, 2.24) is 0 Å². The second kappa shape index (κ2) is 6.35. The van der Waals surface area contributed by atoms with Crippen molar-refractivity contribution in [2.45, 2.75) is 0 Å². The van der Waals surface area contributed by atoms with Crippen LogP contribution in [0.15, 0.2) is 60.7 Å². The molecule has 0 amide bonds. The summed E-state index contributed by atoms with van der Waals surface area (Å²) in [6, 6.07) is 19.9. The fraction of sp³-hybridized carbons (Fsp3) is 0.0500. The molecular formula is C20H15NO2S2. The van der Waals surface area contributed by atoms with Gasteiger partial charge in [0, 0.05) is 21.7 Å². The number of carbonyl (C=O) groups is 1. The largest absolute Gasteiger partial charge is 0.478 e. The van der Waals surface area contributed by atoms with Crippen LogP contribution in [0.25, 0.3) is 31.0 Å². The van der Waals surface area contributed by atoms with Crippen LogP contribution in [0.4, 0.5) is 5.00 Å². The van der Waals surface area contributed by atoms with E-state index < -0.39 is 5.97 Å². The van der Waals surface area contributed by atoms with Crippen LogP contribution < -0.4 is 5.32 Å². The van der Waals surface area contributed by atoms with Gasteiger partial charge in [0.2, 0.25) is 0 Å². The topological polar surface area (TPSA) is 49.3 Å². The molecule has 2 aromatic heterocycles. The number of benzene rings is 2. The number of fused-ring (bicyclic) bond motifs is 1. The third-order valence-corrected chi connectivity index (χ3v) is 6.51. The lowest BCUT2D eigenvalue weighted by atomic mass is 10.0. The zero-order chi connectivity index (χ0) is 17.4. The standard InChI is InChI=1S/C20H15NO2S2/c1-21-19-9-8-18(25-19)17-7-6-16(24-17)14-4-2-13-11-15(20(22)23)5-3-12(13)10-14/h2-11,21H,1H3,(H,22,23). The van der Waals surface area contributed by atoms with Crippen molar-refractivity contribution in [3.05, 3.63) is 66.2 Å². The highest BCUT2D eigenvalue weighted by Gasteiger charge is 2.09. The van der Waals surface area contributed by atoms with Gasteiger partial charge in [-0.15, -0.1) is 22.7 Å². The number of anilines is 1. The van der Waals surface area contributed by atoms with Crippen molar-refractivity contribution in [2.24, 2.45) is 0 Å². The van der Waals surface area contributed by atoms with E-state index in [0.717, 1.165) is 21.3 Å². The van der Waals surface area contributed by atoms with E-state index in [1.807, 2.05) is 19.2 Å². The fourth-order valence-corrected chi connectivity index (χ4v) is 4.71. The van der Waals surface area contributed by atoms with E-state index in [1.165, 1.54) is 14.6 Å². The van der Waals surface area contributed by atoms with Gasteiger partial charge in [0.05, 0.1) is 10.6 Å². The summed E-state index contributed by atoms with van der Waals surface area (Å²) in [6.07, 6.45) is 0. The number of aromatic carboxylic acids is 1. The molecule has 2 heterocycles. The molecule has 0 aliphatic carbocycles. The van der Waals surface area contributed by atoms with Crippen molar-refractivity contribution in [2.75, 3.05) is 12.4 Å². The lowest BCUT2D eigenvalue weighted by molar-refractivity contribution is 0.0697. The van der Waals surface area contributed by atoms with Crippen LogP contribution in [-0.2, 0) is 0 Å². The normalized spacial score (nSPS) is 10.9. The third-order valence-electron chi connectivity index (χ3n) is 4.07. The van der Waals surface area contributed by atoms with Crippen LogP contribution in [0.2, 0.25) is 0 Å². The van der Waals surface area contributed by atoms with E-state index in [1.54, 1.807) is 34.8 Å². The number of thiophene rings is 2. The van der Waals surface area contributed by atoms with Gasteiger partial charge in [-0.25, -0.2) is 4.79 Å². The van der Waals surface area contributed by atoms with Gasteiger partial charge in [-0.1, -0.05) is 18.2 Å². The lowest BCUT2D eigenvalue weighted by Crippen LogP contribution is -1.95. The maximum absolute atomic E-state index is 11.1. The van der Waals surface area contributed by atoms with Gasteiger partial charge >= 0.3 is 5.97 Å². The summed E-state index contributed by atoms with van der Waals surface area (Å²) in [5.74, 6) is -0.897. The van der Waals surface area contributed by atoms with Gasteiger partial charge in [0.1, 0.15) is 0 Å². The average molecular weight is 365 g/mol. The SMILES string of the molecule is CNc1ccc(-c2ccc(-c3ccc4cc(C(=O)O)ccc4c3)s2)s1. The number of hydrogen-bond acceptors (Lipinski definition) is 4. The number of rotatable bonds is 4. The first-order chi connectivity index (χ1) is 12.1. The molecule has 0 bridgehead atoms. The predicted octanol–water partition coefficient (Wildman–Crippen LogP) is 6.04. The van der Waals surface area contributed by atoms with Gasteiger partial charge in [-0.2, -0.15) is 0 Å². The number of carboxylic acids is 1. The Morgan fingerprint density at radius 3 is 2.28 bits per heavy atom. The fourth-order valence-electron chi connectivity index (χ4n) is 2.76. The molecule has 124 valence electrons. The Bertz CT molecular complexity index is 1080. The van der Waals surface area contributed by atoms with Gasteiger partial charge in [0.25, 0.3) is 0 Å². The minimum absolute atomic E-state index is 0.316. The Hall–Kier alpha value is -2.63. The van der Waals surface area contributed by atoms with Crippen LogP contribution in [0, 0.1) is 0 Å². The van der Waals surface area contributed by atoms with Crippen LogP contribution in [-0.4, -0.2) is 18.1 Å². The summed E-state index contributed by atoms with van der Waals surface area (Å²) in [7, 11) is 1.93. The minimum Gasteiger partial charge on any atom is -0.478 e. The molecule has 2 aromatic carbocycles. The molecular weight excluding hydrogens is 350 g/mol. The Morgan fingerprint density at radius 1 is 0.840 bits per heavy atom. The first-order valence-electron chi connectivity index (χ1n) is 7.79. The summed E-state index contributed by atoms with van der Waals surface area (Å²) in [4.78, 5) is 14.8. The molecule has 2 N–H and O–H groups in total. The maximum atomic E-state index is 11.1. The molecule has 25 heavy (non-hydrogen) atoms. The van der Waals surface area contributed by atoms with Crippen molar-refractivity contribution < 1.29 is 9.90 Å². The number of nitrogens with one attached hydrogen (secondary N) is 1. The molecule has 0 aliphatic rings. The van der Waals surface area contributed by atoms with Crippen LogP contribution in [0.5, 0.6) is 0 Å². The smallest absolute Gasteiger partial charge is 0.335 e. The summed E-state index contributed by atoms with van der Waals surface area (Å²) >= 11 is 3.51. The Balaban J connectivity index is 1.70. The zero-order valence-corrected chi connectivity index (χ0v) is 15.1. The van der Waals surface area contributed by atoms with E-state index in [2.05, 4.69) is 41.7 Å². The van der Waals surface area contributed by atoms with Crippen LogP contribution >= 0.6 is 22.7 Å². The first-order valence-corrected chi connectivity index (χ1v) is 9.42. The average Bonchev–Trinajstić information content (AvgIpc) is 3.29. The van der Waals surface area contributed by atoms with Crippen molar-refractivity contribution in [1.29, 1.82) is 0 Å². The van der Waals surface area contributed by atoms with Crippen molar-refractivity contribution >= 4 is 44.4 Å². The highest BCUT2D eigenvalue weighted by molar-refractivity contribution is 7.25. The monoisotopic (exact) mass is 365 g/mol. The summed E-state index contributed by atoms with van der Waals surface area (Å²) in [5, 5.41) is 15.4. The molecule has 0 atom stereocenters. The van der Waals surface area contributed by atoms with Crippen LogP contribution in [0.1, 0.15) is 10.4 Å². The molecule has 3 nitrogen and oxygen atoms in total. The van der Waals surface area contributed by atoms with Gasteiger partial charge < -0.3 is 10.4 Å². The van der Waals surface area contributed by atoms with E-state index in [9.17, 15) is 4.79 Å². The van der Waals surface area contributed by atoms with Crippen molar-refractivity contribution in [3.63, 3.8) is 0 Å². The zero-order valence-electron chi connectivity index (χ0n) is 13.4. The van der Waals surface area contributed by atoms with Gasteiger partial charge in [-0.05, 0) is 58.8 Å². The van der Waals surface area contributed by atoms with Gasteiger partial charge in [-0.3, -0.25) is 0 Å². The Morgan fingerprint density at radius 2 is 1.52 bits per heavy atom. The molecule has 4 aromatic rings. The summed E-state index contributed by atoms with van der Waals surface area (Å²) in [5.41, 5.74) is 1.47. The third kappa shape index (κ3) is 3.04. The minimum atomic E-state index is -0.897. The van der Waals surface area contributed by atoms with Gasteiger partial charge in [0.15, 0.2) is 0 Å². The second-order valence-electron chi connectivity index (χ2n) is 5.66. The molecule has 0 saturated heterocycles. The molecule has 5 heteroatoms. The predicted molar refractivity (Wildman–Crippen MR) is 107 cm³/mol. The molecule has 0 fully saturated rings. The summed E-state index contributed by atoms with van der Waals surface area (Å²) < 4.78 is 0. The number of carboxylic acid groups (broad SMARTS) is 1. The Labute approximate surface area is 153 Å². The molecule has 0 radical (unpaired) electrons. The molecule has 4 rings (SSSR count). The second-order valence-corrected chi connectivity index (χ2v) is 7.83. The highest BCUT2D eigenvalue weighted by Crippen LogP contribution is 2.39. The lowest BCUT2D eigenvalue weighted by Gasteiger charge is -2.03. The molecule has 0 aliphatic heterocycles. The molecule has 0 spiro atoms. The van der Waals surface area contributed by atoms with E-state index in [4.69, 9.17) is 5.11 Å². The maximum Gasteiger partial charge on any atom is 0.335 e.